The Morgan fingerprint density at radius 2 is 1.79 bits per heavy atom. The molecule has 1 aliphatic rings. The summed E-state index contributed by atoms with van der Waals surface area (Å²) in [5.74, 6) is 4.03. The summed E-state index contributed by atoms with van der Waals surface area (Å²) in [7, 11) is 0. The van der Waals surface area contributed by atoms with Crippen LogP contribution in [0, 0.1) is 11.8 Å². The van der Waals surface area contributed by atoms with Crippen molar-refractivity contribution in [2.45, 2.75) is 46.5 Å². The molecule has 19 heavy (non-hydrogen) atoms. The maximum absolute atomic E-state index is 4.43. The molecule has 2 rings (SSSR count). The highest BCUT2D eigenvalue weighted by molar-refractivity contribution is 5.58. The Morgan fingerprint density at radius 3 is 2.32 bits per heavy atom. The Balaban J connectivity index is 2.10. The molecule has 0 aliphatic heterocycles. The zero-order valence-corrected chi connectivity index (χ0v) is 12.5. The molecule has 1 aromatic heterocycles. The lowest BCUT2D eigenvalue weighted by molar-refractivity contribution is 0.535. The summed E-state index contributed by atoms with van der Waals surface area (Å²) in [6.45, 7) is 10.7. The number of hydrogen-bond donors (Lipinski definition) is 2. The molecule has 0 aromatic carbocycles. The molecule has 2 N–H and O–H groups in total. The molecule has 1 aromatic rings. The van der Waals surface area contributed by atoms with Gasteiger partial charge in [0.1, 0.15) is 18.0 Å². The van der Waals surface area contributed by atoms with Gasteiger partial charge in [0.15, 0.2) is 0 Å². The molecular formula is C15H26N4. The summed E-state index contributed by atoms with van der Waals surface area (Å²) in [4.78, 5) is 8.79. The van der Waals surface area contributed by atoms with Crippen molar-refractivity contribution in [3.8, 4) is 0 Å². The van der Waals surface area contributed by atoms with E-state index in [1.165, 1.54) is 18.4 Å². The second-order valence-corrected chi connectivity index (χ2v) is 5.87. The predicted molar refractivity (Wildman–Crippen MR) is 80.7 cm³/mol. The maximum atomic E-state index is 4.43. The molecule has 4 heteroatoms. The first-order valence-corrected chi connectivity index (χ1v) is 7.46. The maximum Gasteiger partial charge on any atom is 0.134 e. The van der Waals surface area contributed by atoms with Crippen LogP contribution in [0.4, 0.5) is 11.6 Å². The van der Waals surface area contributed by atoms with Crippen LogP contribution in [-0.4, -0.2) is 23.1 Å². The van der Waals surface area contributed by atoms with E-state index in [-0.39, 0.29) is 0 Å². The van der Waals surface area contributed by atoms with Crippen LogP contribution in [0.5, 0.6) is 0 Å². The molecule has 4 nitrogen and oxygen atoms in total. The lowest BCUT2D eigenvalue weighted by Crippen LogP contribution is -2.17. The van der Waals surface area contributed by atoms with Crippen molar-refractivity contribution in [3.63, 3.8) is 0 Å². The molecule has 106 valence electrons. The summed E-state index contributed by atoms with van der Waals surface area (Å²) >= 11 is 0. The third-order valence-electron chi connectivity index (χ3n) is 3.82. The van der Waals surface area contributed by atoms with E-state index in [0.29, 0.717) is 5.92 Å². The number of nitrogens with zero attached hydrogens (tertiary/aromatic N) is 2. The third-order valence-corrected chi connectivity index (χ3v) is 3.82. The van der Waals surface area contributed by atoms with E-state index in [4.69, 9.17) is 0 Å². The Morgan fingerprint density at radius 1 is 1.16 bits per heavy atom. The van der Waals surface area contributed by atoms with Gasteiger partial charge in [-0.05, 0) is 37.5 Å². The van der Waals surface area contributed by atoms with Crippen LogP contribution >= 0.6 is 0 Å². The van der Waals surface area contributed by atoms with Gasteiger partial charge in [0.2, 0.25) is 0 Å². The van der Waals surface area contributed by atoms with Gasteiger partial charge in [-0.25, -0.2) is 9.97 Å². The van der Waals surface area contributed by atoms with E-state index >= 15 is 0 Å². The van der Waals surface area contributed by atoms with Crippen molar-refractivity contribution in [2.75, 3.05) is 23.7 Å². The van der Waals surface area contributed by atoms with Gasteiger partial charge < -0.3 is 10.6 Å². The molecule has 0 amide bonds. The van der Waals surface area contributed by atoms with Gasteiger partial charge in [0, 0.05) is 18.7 Å². The molecule has 1 atom stereocenters. The number of anilines is 2. The summed E-state index contributed by atoms with van der Waals surface area (Å²) in [6.07, 6.45) is 4.44. The lowest BCUT2D eigenvalue weighted by atomic mass is 10.0. The number of nitrogens with one attached hydrogen (secondary N) is 2. The lowest BCUT2D eigenvalue weighted by Gasteiger charge is -2.19. The van der Waals surface area contributed by atoms with Gasteiger partial charge in [0.25, 0.3) is 0 Å². The van der Waals surface area contributed by atoms with E-state index in [1.807, 2.05) is 0 Å². The molecule has 0 saturated heterocycles. The minimum Gasteiger partial charge on any atom is -0.370 e. The zero-order chi connectivity index (χ0) is 13.8. The van der Waals surface area contributed by atoms with Crippen LogP contribution in [-0.2, 0) is 0 Å². The van der Waals surface area contributed by atoms with E-state index in [1.54, 1.807) is 6.33 Å². The normalized spacial score (nSPS) is 16.5. The monoisotopic (exact) mass is 262 g/mol. The minimum atomic E-state index is 0.411. The summed E-state index contributed by atoms with van der Waals surface area (Å²) < 4.78 is 0. The van der Waals surface area contributed by atoms with Crippen LogP contribution in [0.3, 0.4) is 0 Å². The van der Waals surface area contributed by atoms with Crippen molar-refractivity contribution in [3.05, 3.63) is 11.9 Å². The SMILES string of the molecule is CCNc1ncnc(NCC(C)C2CC2)c1C(C)C. The quantitative estimate of drug-likeness (QED) is 0.789. The van der Waals surface area contributed by atoms with Crippen molar-refractivity contribution >= 4 is 11.6 Å². The Labute approximate surface area is 116 Å². The zero-order valence-electron chi connectivity index (χ0n) is 12.5. The fraction of sp³-hybridized carbons (Fsp3) is 0.733. The second kappa shape index (κ2) is 6.22. The standard InChI is InChI=1S/C15H26N4/c1-5-16-14-13(10(2)3)15(19-9-18-14)17-8-11(4)12-6-7-12/h9-12H,5-8H2,1-4H3,(H2,16,17,18,19). The fourth-order valence-corrected chi connectivity index (χ4v) is 2.48. The van der Waals surface area contributed by atoms with Crippen molar-refractivity contribution in [2.24, 2.45) is 11.8 Å². The fourth-order valence-electron chi connectivity index (χ4n) is 2.48. The average molecular weight is 262 g/mol. The van der Waals surface area contributed by atoms with Crippen LogP contribution in [0.1, 0.15) is 52.0 Å². The Kier molecular flexibility index (Phi) is 4.61. The number of aromatic nitrogens is 2. The van der Waals surface area contributed by atoms with Crippen molar-refractivity contribution in [1.82, 2.24) is 9.97 Å². The highest BCUT2D eigenvalue weighted by atomic mass is 15.1. The highest BCUT2D eigenvalue weighted by Gasteiger charge is 2.27. The summed E-state index contributed by atoms with van der Waals surface area (Å²) in [6, 6.07) is 0. The summed E-state index contributed by atoms with van der Waals surface area (Å²) in [5, 5.41) is 6.85. The van der Waals surface area contributed by atoms with E-state index < -0.39 is 0 Å². The van der Waals surface area contributed by atoms with E-state index in [0.717, 1.165) is 36.6 Å². The number of rotatable bonds is 7. The van der Waals surface area contributed by atoms with Crippen molar-refractivity contribution in [1.29, 1.82) is 0 Å². The molecule has 1 unspecified atom stereocenters. The molecule has 1 aliphatic carbocycles. The first-order chi connectivity index (χ1) is 9.13. The molecule has 0 spiro atoms. The topological polar surface area (TPSA) is 49.8 Å². The average Bonchev–Trinajstić information content (AvgIpc) is 3.20. The van der Waals surface area contributed by atoms with Gasteiger partial charge in [-0.15, -0.1) is 0 Å². The molecular weight excluding hydrogens is 236 g/mol. The Bertz CT molecular complexity index is 413. The van der Waals surface area contributed by atoms with Crippen molar-refractivity contribution < 1.29 is 0 Å². The third kappa shape index (κ3) is 3.58. The van der Waals surface area contributed by atoms with Crippen LogP contribution in [0.2, 0.25) is 0 Å². The molecule has 1 fully saturated rings. The predicted octanol–water partition coefficient (Wildman–Crippen LogP) is 3.49. The van der Waals surface area contributed by atoms with Gasteiger partial charge in [-0.1, -0.05) is 20.8 Å². The van der Waals surface area contributed by atoms with E-state index in [2.05, 4.69) is 48.3 Å². The van der Waals surface area contributed by atoms with Crippen LogP contribution in [0.15, 0.2) is 6.33 Å². The van der Waals surface area contributed by atoms with Gasteiger partial charge in [0.05, 0.1) is 0 Å². The van der Waals surface area contributed by atoms with Gasteiger partial charge in [-0.2, -0.15) is 0 Å². The molecule has 1 heterocycles. The molecule has 1 saturated carbocycles. The first kappa shape index (κ1) is 14.1. The van der Waals surface area contributed by atoms with Gasteiger partial charge in [-0.3, -0.25) is 0 Å². The van der Waals surface area contributed by atoms with E-state index in [9.17, 15) is 0 Å². The van der Waals surface area contributed by atoms with Gasteiger partial charge >= 0.3 is 0 Å². The molecule has 0 radical (unpaired) electrons. The Hall–Kier alpha value is -1.32. The first-order valence-electron chi connectivity index (χ1n) is 7.46. The largest absolute Gasteiger partial charge is 0.370 e. The molecule has 0 bridgehead atoms. The summed E-state index contributed by atoms with van der Waals surface area (Å²) in [5.41, 5.74) is 1.20. The smallest absolute Gasteiger partial charge is 0.134 e. The minimum absolute atomic E-state index is 0.411. The second-order valence-electron chi connectivity index (χ2n) is 5.87. The highest BCUT2D eigenvalue weighted by Crippen LogP contribution is 2.37. The number of hydrogen-bond acceptors (Lipinski definition) is 4. The van der Waals surface area contributed by atoms with Crippen LogP contribution in [0.25, 0.3) is 0 Å². The van der Waals surface area contributed by atoms with Crippen LogP contribution < -0.4 is 10.6 Å².